The molecule has 1 saturated heterocycles. The number of benzene rings is 1. The lowest BCUT2D eigenvalue weighted by atomic mass is 9.91. The number of hydrogen-bond acceptors (Lipinski definition) is 4. The number of hydrogen-bond donors (Lipinski definition) is 1. The van der Waals surface area contributed by atoms with Gasteiger partial charge in [-0.2, -0.15) is 0 Å². The smallest absolute Gasteiger partial charge is 0.266 e. The van der Waals surface area contributed by atoms with Gasteiger partial charge in [-0.25, -0.2) is 0 Å². The van der Waals surface area contributed by atoms with E-state index < -0.39 is 5.41 Å². The molecule has 0 atom stereocenters. The summed E-state index contributed by atoms with van der Waals surface area (Å²) in [5.41, 5.74) is 1.64. The van der Waals surface area contributed by atoms with Crippen LogP contribution < -0.4 is 19.7 Å². The molecule has 0 amide bonds. The number of nitrogens with one attached hydrogen (secondary N) is 1. The van der Waals surface area contributed by atoms with E-state index in [1.54, 1.807) is 0 Å². The number of thiazole rings is 1. The summed E-state index contributed by atoms with van der Waals surface area (Å²) in [6, 6.07) is 8.34. The van der Waals surface area contributed by atoms with Crippen LogP contribution >= 0.6 is 11.3 Å². The number of rotatable bonds is 3. The maximum atomic E-state index is 12.2. The normalized spacial score (nSPS) is 17.0. The van der Waals surface area contributed by atoms with E-state index in [0.29, 0.717) is 9.20 Å². The SMILES string of the molecule is CC(C)(C)C(=O)C=c1[nH]c(=O)c(=Cc2ccc(N3CCCCC3)cc2)s1. The monoisotopic (exact) mass is 370 g/mol. The van der Waals surface area contributed by atoms with E-state index in [1.165, 1.54) is 42.4 Å². The van der Waals surface area contributed by atoms with Crippen molar-refractivity contribution >= 4 is 35.0 Å². The Morgan fingerprint density at radius 1 is 1.12 bits per heavy atom. The lowest BCUT2D eigenvalue weighted by molar-refractivity contribution is -0.119. The molecule has 26 heavy (non-hydrogen) atoms. The van der Waals surface area contributed by atoms with Gasteiger partial charge in [0.15, 0.2) is 5.78 Å². The summed E-state index contributed by atoms with van der Waals surface area (Å²) in [6.45, 7) is 7.85. The number of aromatic amines is 1. The maximum absolute atomic E-state index is 12.2. The zero-order valence-corrected chi connectivity index (χ0v) is 16.5. The van der Waals surface area contributed by atoms with Crippen molar-refractivity contribution in [3.05, 3.63) is 49.4 Å². The molecule has 4 nitrogen and oxygen atoms in total. The molecule has 0 radical (unpaired) electrons. The third-order valence-corrected chi connectivity index (χ3v) is 5.56. The van der Waals surface area contributed by atoms with Gasteiger partial charge < -0.3 is 9.88 Å². The highest BCUT2D eigenvalue weighted by Gasteiger charge is 2.18. The van der Waals surface area contributed by atoms with E-state index in [4.69, 9.17) is 0 Å². The Kier molecular flexibility index (Phi) is 5.47. The van der Waals surface area contributed by atoms with E-state index in [9.17, 15) is 9.59 Å². The summed E-state index contributed by atoms with van der Waals surface area (Å²) in [4.78, 5) is 29.5. The average Bonchev–Trinajstić information content (AvgIpc) is 2.94. The second-order valence-corrected chi connectivity index (χ2v) is 8.91. The fraction of sp³-hybridized carbons (Fsp3) is 0.429. The van der Waals surface area contributed by atoms with Crippen LogP contribution in [0.2, 0.25) is 0 Å². The van der Waals surface area contributed by atoms with Crippen LogP contribution in [-0.2, 0) is 4.79 Å². The third-order valence-electron chi connectivity index (χ3n) is 4.59. The lowest BCUT2D eigenvalue weighted by Gasteiger charge is -2.28. The van der Waals surface area contributed by atoms with Crippen LogP contribution in [0.5, 0.6) is 0 Å². The molecule has 3 rings (SSSR count). The van der Waals surface area contributed by atoms with Gasteiger partial charge in [-0.1, -0.05) is 32.9 Å². The Bertz CT molecular complexity index is 940. The van der Waals surface area contributed by atoms with Crippen LogP contribution in [0, 0.1) is 5.41 Å². The average molecular weight is 371 g/mol. The van der Waals surface area contributed by atoms with Crippen LogP contribution in [0.4, 0.5) is 5.69 Å². The number of anilines is 1. The lowest BCUT2D eigenvalue weighted by Crippen LogP contribution is -2.29. The number of carbonyl (C=O) groups is 1. The van der Waals surface area contributed by atoms with E-state index in [2.05, 4.69) is 22.0 Å². The highest BCUT2D eigenvalue weighted by Crippen LogP contribution is 2.20. The van der Waals surface area contributed by atoms with E-state index >= 15 is 0 Å². The molecule has 1 aliphatic rings. The van der Waals surface area contributed by atoms with Crippen molar-refractivity contribution in [1.82, 2.24) is 4.98 Å². The molecule has 1 fully saturated rings. The molecule has 1 N–H and O–H groups in total. The first-order valence-corrected chi connectivity index (χ1v) is 9.97. The number of carbonyl (C=O) groups excluding carboxylic acids is 1. The fourth-order valence-electron chi connectivity index (χ4n) is 2.94. The molecule has 138 valence electrons. The molecule has 1 aromatic heterocycles. The standard InChI is InChI=1S/C21H26N2O2S/c1-21(2,3)18(24)14-19-22-20(25)17(26-19)13-15-7-9-16(10-8-15)23-11-5-4-6-12-23/h7-10,13-14H,4-6,11-12H2,1-3H3,(H,22,25). The zero-order chi connectivity index (χ0) is 18.7. The molecule has 0 spiro atoms. The van der Waals surface area contributed by atoms with Crippen molar-refractivity contribution in [3.8, 4) is 0 Å². The summed E-state index contributed by atoms with van der Waals surface area (Å²) in [5.74, 6) is 0.00688. The minimum atomic E-state index is -0.449. The van der Waals surface area contributed by atoms with Gasteiger partial charge in [0.1, 0.15) is 0 Å². The minimum Gasteiger partial charge on any atom is -0.372 e. The topological polar surface area (TPSA) is 53.2 Å². The van der Waals surface area contributed by atoms with Gasteiger partial charge in [-0.15, -0.1) is 11.3 Å². The Hall–Kier alpha value is -2.14. The van der Waals surface area contributed by atoms with Crippen molar-refractivity contribution in [2.45, 2.75) is 40.0 Å². The second-order valence-electron chi connectivity index (χ2n) is 7.83. The molecule has 1 aromatic carbocycles. The summed E-state index contributed by atoms with van der Waals surface area (Å²) in [7, 11) is 0. The Labute approximate surface area is 157 Å². The zero-order valence-electron chi connectivity index (χ0n) is 15.7. The first-order chi connectivity index (χ1) is 12.3. The van der Waals surface area contributed by atoms with Crippen molar-refractivity contribution in [1.29, 1.82) is 0 Å². The summed E-state index contributed by atoms with van der Waals surface area (Å²) in [5, 5.41) is 0. The van der Waals surface area contributed by atoms with Gasteiger partial charge in [0.25, 0.3) is 5.56 Å². The number of nitrogens with zero attached hydrogens (tertiary/aromatic N) is 1. The molecular formula is C21H26N2O2S. The Balaban J connectivity index is 1.85. The van der Waals surface area contributed by atoms with Crippen LogP contribution in [0.25, 0.3) is 12.2 Å². The molecule has 5 heteroatoms. The molecule has 2 aromatic rings. The quantitative estimate of drug-likeness (QED) is 0.904. The summed E-state index contributed by atoms with van der Waals surface area (Å²) >= 11 is 1.32. The van der Waals surface area contributed by atoms with E-state index in [1.807, 2.05) is 39.0 Å². The first-order valence-electron chi connectivity index (χ1n) is 9.15. The van der Waals surface area contributed by atoms with Crippen LogP contribution in [-0.4, -0.2) is 23.9 Å². The van der Waals surface area contributed by atoms with Crippen LogP contribution in [0.15, 0.2) is 29.1 Å². The molecule has 1 aliphatic heterocycles. The molecular weight excluding hydrogens is 344 g/mol. The number of piperidine rings is 1. The number of aromatic nitrogens is 1. The van der Waals surface area contributed by atoms with Crippen molar-refractivity contribution in [2.75, 3.05) is 18.0 Å². The predicted molar refractivity (Wildman–Crippen MR) is 109 cm³/mol. The minimum absolute atomic E-state index is 0.00688. The van der Waals surface area contributed by atoms with Gasteiger partial charge in [0, 0.05) is 30.3 Å². The van der Waals surface area contributed by atoms with Gasteiger partial charge in [0.2, 0.25) is 0 Å². The second kappa shape index (κ2) is 7.62. The van der Waals surface area contributed by atoms with E-state index in [-0.39, 0.29) is 11.3 Å². The van der Waals surface area contributed by atoms with Crippen molar-refractivity contribution in [2.24, 2.45) is 5.41 Å². The van der Waals surface area contributed by atoms with Crippen LogP contribution in [0.1, 0.15) is 45.6 Å². The van der Waals surface area contributed by atoms with Gasteiger partial charge >= 0.3 is 0 Å². The largest absolute Gasteiger partial charge is 0.372 e. The fourth-order valence-corrected chi connectivity index (χ4v) is 3.83. The highest BCUT2D eigenvalue weighted by molar-refractivity contribution is 7.07. The number of Topliss-reactive ketones (excluding diaryl/α,β-unsaturated/α-hetero) is 1. The van der Waals surface area contributed by atoms with E-state index in [0.717, 1.165) is 18.7 Å². The Morgan fingerprint density at radius 3 is 2.38 bits per heavy atom. The molecule has 2 heterocycles. The summed E-state index contributed by atoms with van der Waals surface area (Å²) in [6.07, 6.45) is 7.24. The molecule has 0 aliphatic carbocycles. The molecule has 0 saturated carbocycles. The summed E-state index contributed by atoms with van der Waals surface area (Å²) < 4.78 is 1.22. The Morgan fingerprint density at radius 2 is 1.77 bits per heavy atom. The number of ketones is 1. The van der Waals surface area contributed by atoms with Crippen molar-refractivity contribution in [3.63, 3.8) is 0 Å². The predicted octanol–water partition coefficient (Wildman–Crippen LogP) is 2.65. The van der Waals surface area contributed by atoms with Crippen LogP contribution in [0.3, 0.4) is 0 Å². The molecule has 0 bridgehead atoms. The van der Waals surface area contributed by atoms with Crippen molar-refractivity contribution < 1.29 is 4.79 Å². The third kappa shape index (κ3) is 4.52. The number of H-pyrrole nitrogens is 1. The first kappa shape index (κ1) is 18.6. The van der Waals surface area contributed by atoms with Gasteiger partial charge in [-0.05, 0) is 43.0 Å². The highest BCUT2D eigenvalue weighted by atomic mass is 32.1. The van der Waals surface area contributed by atoms with Gasteiger partial charge in [0.05, 0.1) is 9.20 Å². The maximum Gasteiger partial charge on any atom is 0.266 e. The van der Waals surface area contributed by atoms with Gasteiger partial charge in [-0.3, -0.25) is 9.59 Å². The molecule has 0 unspecified atom stereocenters.